The zero-order valence-electron chi connectivity index (χ0n) is 17.6. The Bertz CT molecular complexity index is 1020. The Morgan fingerprint density at radius 1 is 1.07 bits per heavy atom. The largest absolute Gasteiger partial charge is 0.496 e. The Morgan fingerprint density at radius 2 is 1.83 bits per heavy atom. The summed E-state index contributed by atoms with van der Waals surface area (Å²) >= 11 is 8.31. The second-order valence-electron chi connectivity index (χ2n) is 7.21. The zero-order chi connectivity index (χ0) is 21.1. The quantitative estimate of drug-likeness (QED) is 0.483. The van der Waals surface area contributed by atoms with Crippen molar-refractivity contribution < 1.29 is 9.47 Å². The average molecular weight is 447 g/mol. The molecule has 0 bridgehead atoms. The van der Waals surface area contributed by atoms with E-state index < -0.39 is 0 Å². The fraction of sp³-hybridized carbons (Fsp3) is 0.409. The van der Waals surface area contributed by atoms with E-state index in [9.17, 15) is 0 Å². The average Bonchev–Trinajstić information content (AvgIpc) is 3.21. The fourth-order valence-corrected chi connectivity index (χ4v) is 4.76. The highest BCUT2D eigenvalue weighted by atomic mass is 35.5. The van der Waals surface area contributed by atoms with Gasteiger partial charge in [-0.2, -0.15) is 0 Å². The lowest BCUT2D eigenvalue weighted by Gasteiger charge is -2.35. The number of nitrogens with zero attached hydrogens (tertiary/aromatic N) is 4. The lowest BCUT2D eigenvalue weighted by Crippen LogP contribution is -2.43. The van der Waals surface area contributed by atoms with Crippen molar-refractivity contribution in [2.45, 2.75) is 13.3 Å². The number of methoxy groups -OCH3 is 2. The first-order valence-electron chi connectivity index (χ1n) is 10.2. The first-order valence-corrected chi connectivity index (χ1v) is 11.5. The van der Waals surface area contributed by atoms with Gasteiger partial charge in [0, 0.05) is 67.7 Å². The second-order valence-corrected chi connectivity index (χ2v) is 8.80. The van der Waals surface area contributed by atoms with E-state index in [0.29, 0.717) is 16.5 Å². The van der Waals surface area contributed by atoms with Crippen molar-refractivity contribution in [3.63, 3.8) is 0 Å². The van der Waals surface area contributed by atoms with E-state index in [1.807, 2.05) is 28.6 Å². The van der Waals surface area contributed by atoms with Crippen LogP contribution in [0.4, 0.5) is 5.69 Å². The molecule has 1 aliphatic rings. The molecule has 0 saturated carbocycles. The van der Waals surface area contributed by atoms with Crippen LogP contribution in [0.5, 0.6) is 11.5 Å². The van der Waals surface area contributed by atoms with Crippen LogP contribution in [0.1, 0.15) is 13.3 Å². The highest BCUT2D eigenvalue weighted by molar-refractivity contribution is 7.97. The number of aromatic nitrogens is 2. The van der Waals surface area contributed by atoms with Crippen LogP contribution >= 0.6 is 23.5 Å². The molecule has 160 valence electrons. The molecule has 1 aliphatic heterocycles. The molecule has 0 N–H and O–H groups in total. The number of rotatable bonds is 7. The first kappa shape index (κ1) is 21.2. The number of pyridine rings is 1. The van der Waals surface area contributed by atoms with Gasteiger partial charge in [-0.1, -0.05) is 30.5 Å². The van der Waals surface area contributed by atoms with E-state index in [1.54, 1.807) is 20.3 Å². The Labute approximate surface area is 186 Å². The van der Waals surface area contributed by atoms with Gasteiger partial charge < -0.3 is 18.8 Å². The molecular formula is C22H27ClN4O2S. The summed E-state index contributed by atoms with van der Waals surface area (Å²) in [5.41, 5.74) is 3.77. The van der Waals surface area contributed by atoms with Crippen LogP contribution in [0, 0.1) is 0 Å². The van der Waals surface area contributed by atoms with Gasteiger partial charge in [-0.3, -0.25) is 0 Å². The van der Waals surface area contributed by atoms with Crippen LogP contribution < -0.4 is 14.4 Å². The zero-order valence-corrected chi connectivity index (χ0v) is 19.2. The maximum Gasteiger partial charge on any atom is 0.141 e. The van der Waals surface area contributed by atoms with Crippen molar-refractivity contribution >= 4 is 34.9 Å². The number of anilines is 1. The number of piperazine rings is 1. The Kier molecular flexibility index (Phi) is 6.61. The van der Waals surface area contributed by atoms with Crippen LogP contribution in [0.15, 0.2) is 36.7 Å². The van der Waals surface area contributed by atoms with Crippen LogP contribution in [-0.4, -0.2) is 59.8 Å². The van der Waals surface area contributed by atoms with E-state index in [-0.39, 0.29) is 0 Å². The summed E-state index contributed by atoms with van der Waals surface area (Å²) in [5, 5.41) is 0.532. The summed E-state index contributed by atoms with van der Waals surface area (Å²) in [7, 11) is 3.23. The molecule has 1 saturated heterocycles. The summed E-state index contributed by atoms with van der Waals surface area (Å²) in [6.45, 7) is 6.45. The molecular weight excluding hydrogens is 420 g/mol. The van der Waals surface area contributed by atoms with Gasteiger partial charge in [0.2, 0.25) is 0 Å². The number of benzene rings is 1. The van der Waals surface area contributed by atoms with Gasteiger partial charge in [0.05, 0.1) is 24.9 Å². The summed E-state index contributed by atoms with van der Waals surface area (Å²) in [6.07, 6.45) is 5.28. The van der Waals surface area contributed by atoms with Crippen molar-refractivity contribution in [1.29, 1.82) is 0 Å². The minimum atomic E-state index is 0.532. The van der Waals surface area contributed by atoms with Crippen LogP contribution in [-0.2, 0) is 0 Å². The normalized spacial score (nSPS) is 15.0. The van der Waals surface area contributed by atoms with Crippen molar-refractivity contribution in [3.8, 4) is 22.8 Å². The summed E-state index contributed by atoms with van der Waals surface area (Å²) < 4.78 is 15.4. The molecule has 0 radical (unpaired) electrons. The summed E-state index contributed by atoms with van der Waals surface area (Å²) in [6, 6.07) is 7.94. The number of ether oxygens (including phenoxy) is 2. The number of hydrogen-bond acceptors (Lipinski definition) is 6. The number of fused-ring (bicyclic) bond motifs is 1. The van der Waals surface area contributed by atoms with Gasteiger partial charge in [0.25, 0.3) is 0 Å². The van der Waals surface area contributed by atoms with E-state index >= 15 is 0 Å². The van der Waals surface area contributed by atoms with Gasteiger partial charge in [-0.05, 0) is 18.6 Å². The van der Waals surface area contributed by atoms with Gasteiger partial charge in [0.1, 0.15) is 17.1 Å². The SMILES string of the molecule is CCCSN1CCN(c2ccn3cc(-c4cc(Cl)c(OC)cc4OC)nc3c2)CC1. The summed E-state index contributed by atoms with van der Waals surface area (Å²) in [4.78, 5) is 7.27. The number of halogens is 1. The number of imidazole rings is 1. The Morgan fingerprint density at radius 3 is 2.53 bits per heavy atom. The highest BCUT2D eigenvalue weighted by Gasteiger charge is 2.19. The van der Waals surface area contributed by atoms with Crippen molar-refractivity contribution in [2.24, 2.45) is 0 Å². The minimum absolute atomic E-state index is 0.532. The molecule has 0 atom stereocenters. The lowest BCUT2D eigenvalue weighted by molar-refractivity contribution is 0.395. The molecule has 4 rings (SSSR count). The number of hydrogen-bond donors (Lipinski definition) is 0. The molecule has 6 nitrogen and oxygen atoms in total. The maximum atomic E-state index is 6.35. The van der Waals surface area contributed by atoms with E-state index in [0.717, 1.165) is 43.1 Å². The predicted molar refractivity (Wildman–Crippen MR) is 125 cm³/mol. The minimum Gasteiger partial charge on any atom is -0.496 e. The molecule has 2 aromatic heterocycles. The first-order chi connectivity index (χ1) is 14.6. The molecule has 1 fully saturated rings. The third-order valence-electron chi connectivity index (χ3n) is 5.28. The molecule has 8 heteroatoms. The highest BCUT2D eigenvalue weighted by Crippen LogP contribution is 2.38. The molecule has 1 aromatic carbocycles. The molecule has 0 unspecified atom stereocenters. The molecule has 0 aliphatic carbocycles. The van der Waals surface area contributed by atoms with Crippen LogP contribution in [0.25, 0.3) is 16.9 Å². The third-order valence-corrected chi connectivity index (χ3v) is 6.89. The smallest absolute Gasteiger partial charge is 0.141 e. The lowest BCUT2D eigenvalue weighted by atomic mass is 10.1. The molecule has 0 amide bonds. The fourth-order valence-electron chi connectivity index (χ4n) is 3.65. The Balaban J connectivity index is 1.57. The summed E-state index contributed by atoms with van der Waals surface area (Å²) in [5.74, 6) is 2.46. The van der Waals surface area contributed by atoms with E-state index in [1.165, 1.54) is 17.9 Å². The van der Waals surface area contributed by atoms with Crippen molar-refractivity contribution in [1.82, 2.24) is 13.7 Å². The van der Waals surface area contributed by atoms with Crippen LogP contribution in [0.2, 0.25) is 5.02 Å². The monoisotopic (exact) mass is 446 g/mol. The van der Waals surface area contributed by atoms with Gasteiger partial charge in [0.15, 0.2) is 0 Å². The molecule has 3 aromatic rings. The van der Waals surface area contributed by atoms with Gasteiger partial charge in [-0.25, -0.2) is 9.29 Å². The van der Waals surface area contributed by atoms with Crippen molar-refractivity contribution in [2.75, 3.05) is 51.1 Å². The standard InChI is InChI=1S/C22H27ClN4O2S/c1-4-11-30-27-9-7-25(8-10-27)16-5-6-26-15-19(24-22(26)12-16)17-13-18(23)21(29-3)14-20(17)28-2/h5-6,12-15H,4,7-11H2,1-3H3. The van der Waals surface area contributed by atoms with Crippen molar-refractivity contribution in [3.05, 3.63) is 41.7 Å². The predicted octanol–water partition coefficient (Wildman–Crippen LogP) is 4.85. The molecule has 0 spiro atoms. The van der Waals surface area contributed by atoms with E-state index in [2.05, 4.69) is 34.5 Å². The molecule has 3 heterocycles. The topological polar surface area (TPSA) is 42.2 Å². The van der Waals surface area contributed by atoms with Gasteiger partial charge >= 0.3 is 0 Å². The second kappa shape index (κ2) is 9.37. The molecule has 30 heavy (non-hydrogen) atoms. The van der Waals surface area contributed by atoms with E-state index in [4.69, 9.17) is 26.1 Å². The maximum absolute atomic E-state index is 6.35. The van der Waals surface area contributed by atoms with Crippen LogP contribution in [0.3, 0.4) is 0 Å². The van der Waals surface area contributed by atoms with Gasteiger partial charge in [-0.15, -0.1) is 0 Å². The third kappa shape index (κ3) is 4.33. The Hall–Kier alpha value is -2.09.